The molecule has 0 aromatic carbocycles. The summed E-state index contributed by atoms with van der Waals surface area (Å²) in [7, 11) is 0. The van der Waals surface area contributed by atoms with Crippen molar-refractivity contribution in [3.05, 3.63) is 11.7 Å². The molecule has 2 unspecified atom stereocenters. The molecule has 2 rings (SSSR count). The molecule has 1 aliphatic carbocycles. The van der Waals surface area contributed by atoms with Crippen molar-refractivity contribution in [2.45, 2.75) is 64.8 Å². The summed E-state index contributed by atoms with van der Waals surface area (Å²) in [5.74, 6) is 3.09. The third-order valence-corrected chi connectivity index (χ3v) is 4.19. The summed E-state index contributed by atoms with van der Waals surface area (Å²) in [6.07, 6.45) is 6.28. The smallest absolute Gasteiger partial charge is 0.243 e. The van der Waals surface area contributed by atoms with E-state index in [0.717, 1.165) is 11.7 Å². The second-order valence-electron chi connectivity index (χ2n) is 5.90. The summed E-state index contributed by atoms with van der Waals surface area (Å²) in [5.41, 5.74) is 6.04. The first-order valence-electron chi connectivity index (χ1n) is 7.20. The molecule has 0 bridgehead atoms. The van der Waals surface area contributed by atoms with E-state index in [4.69, 9.17) is 10.3 Å². The first-order chi connectivity index (χ1) is 8.61. The zero-order valence-electron chi connectivity index (χ0n) is 11.7. The van der Waals surface area contributed by atoms with Crippen molar-refractivity contribution < 1.29 is 4.52 Å². The third kappa shape index (κ3) is 2.91. The number of nitrogens with zero attached hydrogens (tertiary/aromatic N) is 2. The average molecular weight is 251 g/mol. The van der Waals surface area contributed by atoms with Crippen LogP contribution in [0.1, 0.15) is 76.6 Å². The van der Waals surface area contributed by atoms with Crippen LogP contribution in [0.5, 0.6) is 0 Å². The van der Waals surface area contributed by atoms with Gasteiger partial charge in [-0.1, -0.05) is 45.2 Å². The molecule has 18 heavy (non-hydrogen) atoms. The molecule has 0 saturated heterocycles. The molecule has 0 radical (unpaired) electrons. The summed E-state index contributed by atoms with van der Waals surface area (Å²) < 4.78 is 5.32. The first-order valence-corrected chi connectivity index (χ1v) is 7.20. The predicted octanol–water partition coefficient (Wildman–Crippen LogP) is 3.41. The average Bonchev–Trinajstić information content (AvgIpc) is 2.87. The fraction of sp³-hybridized carbons (Fsp3) is 0.857. The van der Waals surface area contributed by atoms with Gasteiger partial charge in [-0.2, -0.15) is 4.98 Å². The number of aromatic nitrogens is 2. The van der Waals surface area contributed by atoms with Crippen LogP contribution in [0.3, 0.4) is 0 Å². The van der Waals surface area contributed by atoms with Crippen LogP contribution >= 0.6 is 0 Å². The van der Waals surface area contributed by atoms with E-state index in [1.807, 2.05) is 0 Å². The minimum atomic E-state index is -0.142. The first kappa shape index (κ1) is 13.5. The lowest BCUT2D eigenvalue weighted by molar-refractivity contribution is 0.292. The van der Waals surface area contributed by atoms with Crippen LogP contribution in [-0.2, 0) is 0 Å². The van der Waals surface area contributed by atoms with Gasteiger partial charge in [0, 0.05) is 5.92 Å². The van der Waals surface area contributed by atoms with Crippen LogP contribution < -0.4 is 5.73 Å². The standard InChI is InChI=1S/C14H25N3O/c1-4-10-6-5-7-11(8-10)13-16-14(18-17-13)12(15)9(2)3/h9-12H,4-8,15H2,1-3H3/t10?,11?,12-/m0/s1. The summed E-state index contributed by atoms with van der Waals surface area (Å²) in [4.78, 5) is 4.52. The number of rotatable bonds is 4. The van der Waals surface area contributed by atoms with Crippen molar-refractivity contribution in [3.63, 3.8) is 0 Å². The van der Waals surface area contributed by atoms with Crippen molar-refractivity contribution in [3.8, 4) is 0 Å². The Morgan fingerprint density at radius 2 is 2.17 bits per heavy atom. The molecule has 3 atom stereocenters. The van der Waals surface area contributed by atoms with E-state index in [2.05, 4.69) is 30.9 Å². The molecule has 4 heteroatoms. The Balaban J connectivity index is 2.05. The van der Waals surface area contributed by atoms with Gasteiger partial charge in [-0.25, -0.2) is 0 Å². The van der Waals surface area contributed by atoms with Gasteiger partial charge < -0.3 is 10.3 Å². The Bertz CT molecular complexity index is 375. The number of nitrogens with two attached hydrogens (primary N) is 1. The molecule has 1 heterocycles. The maximum Gasteiger partial charge on any atom is 0.243 e. The van der Waals surface area contributed by atoms with Gasteiger partial charge in [-0.15, -0.1) is 0 Å². The third-order valence-electron chi connectivity index (χ3n) is 4.19. The van der Waals surface area contributed by atoms with Crippen LogP contribution in [-0.4, -0.2) is 10.1 Å². The van der Waals surface area contributed by atoms with Crippen LogP contribution in [0.4, 0.5) is 0 Å². The van der Waals surface area contributed by atoms with Gasteiger partial charge in [0.05, 0.1) is 6.04 Å². The highest BCUT2D eigenvalue weighted by atomic mass is 16.5. The van der Waals surface area contributed by atoms with Gasteiger partial charge in [-0.05, 0) is 24.7 Å². The Labute approximate surface area is 109 Å². The lowest BCUT2D eigenvalue weighted by Gasteiger charge is -2.26. The van der Waals surface area contributed by atoms with Gasteiger partial charge >= 0.3 is 0 Å². The molecule has 1 saturated carbocycles. The van der Waals surface area contributed by atoms with Crippen molar-refractivity contribution in [2.75, 3.05) is 0 Å². The Kier molecular flexibility index (Phi) is 4.38. The zero-order chi connectivity index (χ0) is 13.1. The van der Waals surface area contributed by atoms with Gasteiger partial charge in [0.25, 0.3) is 0 Å². The molecule has 102 valence electrons. The summed E-state index contributed by atoms with van der Waals surface area (Å²) in [5, 5.41) is 4.15. The Morgan fingerprint density at radius 3 is 2.83 bits per heavy atom. The second kappa shape index (κ2) is 5.83. The van der Waals surface area contributed by atoms with Crippen LogP contribution in [0, 0.1) is 11.8 Å². The molecule has 2 N–H and O–H groups in total. The molecule has 1 fully saturated rings. The highest BCUT2D eigenvalue weighted by Gasteiger charge is 2.27. The lowest BCUT2D eigenvalue weighted by atomic mass is 9.80. The summed E-state index contributed by atoms with van der Waals surface area (Å²) >= 11 is 0. The van der Waals surface area contributed by atoms with Crippen molar-refractivity contribution in [1.82, 2.24) is 10.1 Å². The van der Waals surface area contributed by atoms with E-state index in [-0.39, 0.29) is 6.04 Å². The maximum absolute atomic E-state index is 6.04. The highest BCUT2D eigenvalue weighted by Crippen LogP contribution is 2.36. The normalized spacial score (nSPS) is 26.5. The summed E-state index contributed by atoms with van der Waals surface area (Å²) in [6, 6.07) is -0.142. The van der Waals surface area contributed by atoms with Crippen LogP contribution in [0.25, 0.3) is 0 Å². The van der Waals surface area contributed by atoms with E-state index < -0.39 is 0 Å². The molecule has 0 spiro atoms. The van der Waals surface area contributed by atoms with Crippen molar-refractivity contribution in [2.24, 2.45) is 17.6 Å². The number of hydrogen-bond donors (Lipinski definition) is 1. The molecule has 1 aromatic rings. The predicted molar refractivity (Wildman–Crippen MR) is 71.1 cm³/mol. The fourth-order valence-corrected chi connectivity index (χ4v) is 2.73. The SMILES string of the molecule is CCC1CCCC(c2noc([C@@H](N)C(C)C)n2)C1. The minimum absolute atomic E-state index is 0.142. The maximum atomic E-state index is 6.04. The van der Waals surface area contributed by atoms with Crippen molar-refractivity contribution >= 4 is 0 Å². The molecule has 1 aliphatic rings. The van der Waals surface area contributed by atoms with E-state index in [0.29, 0.717) is 17.7 Å². The molecular formula is C14H25N3O. The lowest BCUT2D eigenvalue weighted by Crippen LogP contribution is -2.18. The second-order valence-corrected chi connectivity index (χ2v) is 5.90. The Morgan fingerprint density at radius 1 is 1.39 bits per heavy atom. The topological polar surface area (TPSA) is 64.9 Å². The summed E-state index contributed by atoms with van der Waals surface area (Å²) in [6.45, 7) is 6.41. The fourth-order valence-electron chi connectivity index (χ4n) is 2.73. The Hall–Kier alpha value is -0.900. The molecule has 1 aromatic heterocycles. The molecule has 0 aliphatic heterocycles. The van der Waals surface area contributed by atoms with Gasteiger partial charge in [-0.3, -0.25) is 0 Å². The van der Waals surface area contributed by atoms with E-state index in [1.54, 1.807) is 0 Å². The van der Waals surface area contributed by atoms with Gasteiger partial charge in [0.15, 0.2) is 5.82 Å². The van der Waals surface area contributed by atoms with E-state index >= 15 is 0 Å². The van der Waals surface area contributed by atoms with Gasteiger partial charge in [0.2, 0.25) is 5.89 Å². The largest absolute Gasteiger partial charge is 0.338 e. The monoisotopic (exact) mass is 251 g/mol. The van der Waals surface area contributed by atoms with Crippen LogP contribution in [0.2, 0.25) is 0 Å². The van der Waals surface area contributed by atoms with Gasteiger partial charge in [0.1, 0.15) is 0 Å². The molecule has 4 nitrogen and oxygen atoms in total. The molecular weight excluding hydrogens is 226 g/mol. The van der Waals surface area contributed by atoms with E-state index in [1.165, 1.54) is 32.1 Å². The molecule has 0 amide bonds. The number of hydrogen-bond acceptors (Lipinski definition) is 4. The van der Waals surface area contributed by atoms with E-state index in [9.17, 15) is 0 Å². The zero-order valence-corrected chi connectivity index (χ0v) is 11.7. The highest BCUT2D eigenvalue weighted by molar-refractivity contribution is 5.00. The van der Waals surface area contributed by atoms with Crippen LogP contribution in [0.15, 0.2) is 4.52 Å². The quantitative estimate of drug-likeness (QED) is 0.890. The minimum Gasteiger partial charge on any atom is -0.338 e. The van der Waals surface area contributed by atoms with Crippen molar-refractivity contribution in [1.29, 1.82) is 0 Å².